The van der Waals surface area contributed by atoms with E-state index < -0.39 is 0 Å². The van der Waals surface area contributed by atoms with Crippen LogP contribution in [-0.4, -0.2) is 16.9 Å². The quantitative estimate of drug-likeness (QED) is 0.610. The molecule has 1 aromatic heterocycles. The fourth-order valence-corrected chi connectivity index (χ4v) is 2.65. The minimum Gasteiger partial charge on any atom is -0.497 e. The summed E-state index contributed by atoms with van der Waals surface area (Å²) in [5, 5.41) is 4.95. The lowest BCUT2D eigenvalue weighted by molar-refractivity contribution is 0.413. The van der Waals surface area contributed by atoms with Gasteiger partial charge in [-0.05, 0) is 30.5 Å². The number of methoxy groups -OCH3 is 1. The number of hydrogen-bond acceptors (Lipinski definition) is 4. The number of rotatable bonds is 7. The van der Waals surface area contributed by atoms with Crippen molar-refractivity contribution in [3.63, 3.8) is 0 Å². The number of benzene rings is 1. The predicted molar refractivity (Wildman–Crippen MR) is 84.3 cm³/mol. The second kappa shape index (κ2) is 7.45. The van der Waals surface area contributed by atoms with E-state index in [0.717, 1.165) is 30.0 Å². The van der Waals surface area contributed by atoms with Gasteiger partial charge in [0.1, 0.15) is 5.75 Å². The highest BCUT2D eigenvalue weighted by Crippen LogP contribution is 2.26. The van der Waals surface area contributed by atoms with Crippen molar-refractivity contribution in [3.05, 3.63) is 46.7 Å². The number of nitrogens with zero attached hydrogens (tertiary/aromatic N) is 2. The maximum atomic E-state index is 6.28. The van der Waals surface area contributed by atoms with Crippen molar-refractivity contribution in [1.82, 2.24) is 15.2 Å². The van der Waals surface area contributed by atoms with Crippen molar-refractivity contribution in [3.8, 4) is 5.75 Å². The average Bonchev–Trinajstić information content (AvgIpc) is 2.86. The minimum atomic E-state index is -0.0985. The first-order valence-corrected chi connectivity index (χ1v) is 7.37. The van der Waals surface area contributed by atoms with Gasteiger partial charge in [-0.15, -0.1) is 0 Å². The molecule has 1 unspecified atom stereocenters. The van der Waals surface area contributed by atoms with Crippen LogP contribution in [0.15, 0.2) is 30.5 Å². The molecule has 1 atom stereocenters. The number of hydrogen-bond donors (Lipinski definition) is 2. The molecule has 3 N–H and O–H groups in total. The van der Waals surface area contributed by atoms with Crippen molar-refractivity contribution in [2.75, 3.05) is 7.11 Å². The topological polar surface area (TPSA) is 65.1 Å². The molecule has 0 fully saturated rings. The highest BCUT2D eigenvalue weighted by Gasteiger charge is 2.19. The van der Waals surface area contributed by atoms with Crippen LogP contribution >= 0.6 is 11.6 Å². The zero-order valence-electron chi connectivity index (χ0n) is 12.3. The van der Waals surface area contributed by atoms with Gasteiger partial charge in [0.15, 0.2) is 0 Å². The maximum absolute atomic E-state index is 6.28. The van der Waals surface area contributed by atoms with E-state index in [4.69, 9.17) is 22.2 Å². The molecule has 6 heteroatoms. The fraction of sp³-hybridized carbons (Fsp3) is 0.400. The van der Waals surface area contributed by atoms with E-state index in [0.29, 0.717) is 11.4 Å². The maximum Gasteiger partial charge on any atom is 0.119 e. The van der Waals surface area contributed by atoms with Crippen LogP contribution in [0, 0.1) is 0 Å². The summed E-state index contributed by atoms with van der Waals surface area (Å²) >= 11 is 6.28. The molecule has 0 radical (unpaired) electrons. The highest BCUT2D eigenvalue weighted by molar-refractivity contribution is 6.31. The van der Waals surface area contributed by atoms with Crippen LogP contribution in [0.25, 0.3) is 0 Å². The summed E-state index contributed by atoms with van der Waals surface area (Å²) in [6.45, 7) is 2.92. The van der Waals surface area contributed by atoms with Gasteiger partial charge < -0.3 is 4.74 Å². The Hall–Kier alpha value is -1.56. The van der Waals surface area contributed by atoms with E-state index in [1.54, 1.807) is 13.3 Å². The number of aromatic nitrogens is 2. The molecule has 0 aliphatic heterocycles. The third-order valence-corrected chi connectivity index (χ3v) is 3.67. The van der Waals surface area contributed by atoms with E-state index in [2.05, 4.69) is 17.4 Å². The number of nitrogens with two attached hydrogens (primary N) is 1. The van der Waals surface area contributed by atoms with Gasteiger partial charge in [0.05, 0.1) is 30.1 Å². The van der Waals surface area contributed by atoms with Gasteiger partial charge in [-0.2, -0.15) is 5.10 Å². The van der Waals surface area contributed by atoms with Crippen LogP contribution in [-0.2, 0) is 13.0 Å². The van der Waals surface area contributed by atoms with Gasteiger partial charge in [-0.3, -0.25) is 16.0 Å². The Kier molecular flexibility index (Phi) is 5.61. The van der Waals surface area contributed by atoms with E-state index in [1.807, 2.05) is 28.9 Å². The molecule has 21 heavy (non-hydrogen) atoms. The summed E-state index contributed by atoms with van der Waals surface area (Å²) in [6, 6.07) is 7.83. The van der Waals surface area contributed by atoms with Crippen LogP contribution in [0.4, 0.5) is 0 Å². The molecule has 0 bridgehead atoms. The molecular weight excluding hydrogens is 288 g/mol. The molecule has 0 aliphatic rings. The average molecular weight is 309 g/mol. The summed E-state index contributed by atoms with van der Waals surface area (Å²) in [5.74, 6) is 6.57. The number of ether oxygens (including phenoxy) is 1. The molecule has 2 rings (SSSR count). The van der Waals surface area contributed by atoms with E-state index >= 15 is 0 Å². The third-order valence-electron chi connectivity index (χ3n) is 3.37. The molecule has 0 amide bonds. The van der Waals surface area contributed by atoms with Gasteiger partial charge in [0, 0.05) is 6.54 Å². The lowest BCUT2D eigenvalue weighted by atomic mass is 10.0. The van der Waals surface area contributed by atoms with Gasteiger partial charge in [0.2, 0.25) is 0 Å². The summed E-state index contributed by atoms with van der Waals surface area (Å²) in [5.41, 5.74) is 4.89. The fourth-order valence-electron chi connectivity index (χ4n) is 2.38. The van der Waals surface area contributed by atoms with E-state index in [-0.39, 0.29) is 6.04 Å². The van der Waals surface area contributed by atoms with Crippen LogP contribution in [0.3, 0.4) is 0 Å². The van der Waals surface area contributed by atoms with Crippen LogP contribution in [0.5, 0.6) is 5.75 Å². The molecule has 1 heterocycles. The summed E-state index contributed by atoms with van der Waals surface area (Å²) in [4.78, 5) is 0. The zero-order valence-corrected chi connectivity index (χ0v) is 13.1. The molecule has 0 saturated heterocycles. The van der Waals surface area contributed by atoms with Crippen molar-refractivity contribution in [2.24, 2.45) is 5.84 Å². The first-order valence-electron chi connectivity index (χ1n) is 6.99. The predicted octanol–water partition coefficient (Wildman–Crippen LogP) is 2.70. The first-order chi connectivity index (χ1) is 10.2. The molecule has 5 nitrogen and oxygen atoms in total. The molecule has 0 aliphatic carbocycles. The third kappa shape index (κ3) is 3.75. The lowest BCUT2D eigenvalue weighted by Gasteiger charge is -2.18. The lowest BCUT2D eigenvalue weighted by Crippen LogP contribution is -2.31. The van der Waals surface area contributed by atoms with Crippen molar-refractivity contribution < 1.29 is 4.74 Å². The highest BCUT2D eigenvalue weighted by atomic mass is 35.5. The number of nitrogens with one attached hydrogen (secondary N) is 1. The largest absolute Gasteiger partial charge is 0.497 e. The van der Waals surface area contributed by atoms with Crippen LogP contribution in [0.2, 0.25) is 5.02 Å². The Labute approximate surface area is 130 Å². The van der Waals surface area contributed by atoms with E-state index in [9.17, 15) is 0 Å². The smallest absolute Gasteiger partial charge is 0.119 e. The Morgan fingerprint density at radius 2 is 2.29 bits per heavy atom. The monoisotopic (exact) mass is 308 g/mol. The Bertz CT molecular complexity index is 585. The second-order valence-corrected chi connectivity index (χ2v) is 5.28. The van der Waals surface area contributed by atoms with Crippen molar-refractivity contribution >= 4 is 11.6 Å². The van der Waals surface area contributed by atoms with E-state index in [1.165, 1.54) is 0 Å². The summed E-state index contributed by atoms with van der Waals surface area (Å²) in [7, 11) is 1.66. The Morgan fingerprint density at radius 3 is 2.95 bits per heavy atom. The van der Waals surface area contributed by atoms with Crippen LogP contribution < -0.4 is 16.0 Å². The molecule has 0 saturated carbocycles. The Balaban J connectivity index is 2.25. The molecule has 1 aromatic carbocycles. The first kappa shape index (κ1) is 15.8. The summed E-state index contributed by atoms with van der Waals surface area (Å²) in [6.07, 6.45) is 3.37. The number of hydrazine groups is 1. The number of halogens is 1. The van der Waals surface area contributed by atoms with Crippen LogP contribution in [0.1, 0.15) is 30.6 Å². The second-order valence-electron chi connectivity index (χ2n) is 4.88. The van der Waals surface area contributed by atoms with Crippen molar-refractivity contribution in [1.29, 1.82) is 0 Å². The Morgan fingerprint density at radius 1 is 1.48 bits per heavy atom. The summed E-state index contributed by atoms with van der Waals surface area (Å²) < 4.78 is 7.16. The van der Waals surface area contributed by atoms with Gasteiger partial charge in [0.25, 0.3) is 0 Å². The van der Waals surface area contributed by atoms with Crippen molar-refractivity contribution in [2.45, 2.75) is 32.4 Å². The van der Waals surface area contributed by atoms with Gasteiger partial charge >= 0.3 is 0 Å². The standard InChI is InChI=1S/C15H21ClN4O/c1-3-7-20-15(13(16)10-18-20)14(19-17)9-11-5-4-6-12(8-11)21-2/h4-6,8,10,14,19H,3,7,9,17H2,1-2H3. The molecular formula is C15H21ClN4O. The normalized spacial score (nSPS) is 12.4. The SMILES string of the molecule is CCCn1ncc(Cl)c1C(Cc1cccc(OC)c1)NN. The van der Waals surface area contributed by atoms with Gasteiger partial charge in [-0.25, -0.2) is 0 Å². The molecule has 114 valence electrons. The zero-order chi connectivity index (χ0) is 15.2. The molecule has 2 aromatic rings. The molecule has 0 spiro atoms. The minimum absolute atomic E-state index is 0.0985. The number of aryl methyl sites for hydroxylation is 1. The van der Waals surface area contributed by atoms with Gasteiger partial charge in [-0.1, -0.05) is 30.7 Å².